The van der Waals surface area contributed by atoms with Crippen LogP contribution in [0.5, 0.6) is 0 Å². The molecule has 0 fully saturated rings. The number of carboxylic acids is 1. The zero-order valence-electron chi connectivity index (χ0n) is 13.4. The van der Waals surface area contributed by atoms with Crippen LogP contribution in [0.25, 0.3) is 0 Å². The first kappa shape index (κ1) is 23.4. The number of rotatable bonds is 8. The van der Waals surface area contributed by atoms with Crippen LogP contribution in [0.2, 0.25) is 0 Å². The predicted molar refractivity (Wildman–Crippen MR) is 87.8 cm³/mol. The fourth-order valence-corrected chi connectivity index (χ4v) is 1.64. The van der Waals surface area contributed by atoms with E-state index in [0.717, 1.165) is 5.56 Å². The number of aliphatic hydroxyl groups excluding tert-OH is 5. The highest BCUT2D eigenvalue weighted by molar-refractivity contribution is 6.58. The van der Waals surface area contributed by atoms with Crippen LogP contribution in [0.1, 0.15) is 5.56 Å². The Morgan fingerprint density at radius 3 is 1.76 bits per heavy atom. The van der Waals surface area contributed by atoms with Crippen LogP contribution < -0.4 is 11.2 Å². The Labute approximate surface area is 144 Å². The molecule has 1 unspecified atom stereocenters. The SMILES string of the molecule is N[C@@H](Cc1ccc(B(O)O)cc1)C(=O)O.OC[C@@H](O)C(O)[C@@H](O)CO. The minimum Gasteiger partial charge on any atom is -0.480 e. The molecule has 4 atom stereocenters. The molecule has 0 saturated heterocycles. The fourth-order valence-electron chi connectivity index (χ4n) is 1.64. The van der Waals surface area contributed by atoms with Gasteiger partial charge in [0.25, 0.3) is 0 Å². The van der Waals surface area contributed by atoms with Crippen molar-refractivity contribution in [3.05, 3.63) is 29.8 Å². The average Bonchev–Trinajstić information content (AvgIpc) is 2.60. The molecule has 0 amide bonds. The van der Waals surface area contributed by atoms with Crippen LogP contribution in [0.15, 0.2) is 24.3 Å². The van der Waals surface area contributed by atoms with E-state index >= 15 is 0 Å². The van der Waals surface area contributed by atoms with Crippen LogP contribution in [-0.4, -0.2) is 91.3 Å². The van der Waals surface area contributed by atoms with Gasteiger partial charge in [-0.3, -0.25) is 4.79 Å². The number of aliphatic carboxylic acids is 1. The lowest BCUT2D eigenvalue weighted by atomic mass is 9.80. The highest BCUT2D eigenvalue weighted by Gasteiger charge is 2.22. The van der Waals surface area contributed by atoms with Crippen molar-refractivity contribution < 1.29 is 45.5 Å². The van der Waals surface area contributed by atoms with Gasteiger partial charge >= 0.3 is 13.1 Å². The Morgan fingerprint density at radius 2 is 1.44 bits per heavy atom. The lowest BCUT2D eigenvalue weighted by Gasteiger charge is -2.19. The first-order chi connectivity index (χ1) is 11.6. The quantitative estimate of drug-likeness (QED) is 0.202. The summed E-state index contributed by atoms with van der Waals surface area (Å²) >= 11 is 0. The maximum absolute atomic E-state index is 10.5. The molecule has 142 valence electrons. The molecule has 0 aliphatic heterocycles. The molecule has 0 aromatic heterocycles. The number of carbonyl (C=O) groups is 1. The van der Waals surface area contributed by atoms with Crippen LogP contribution in [0.4, 0.5) is 0 Å². The van der Waals surface area contributed by atoms with Crippen molar-refractivity contribution in [2.75, 3.05) is 13.2 Å². The van der Waals surface area contributed by atoms with Crippen LogP contribution >= 0.6 is 0 Å². The second-order valence-corrected chi connectivity index (χ2v) is 5.25. The topological polar surface area (TPSA) is 205 Å². The molecular weight excluding hydrogens is 337 g/mol. The third kappa shape index (κ3) is 8.91. The van der Waals surface area contributed by atoms with Crippen LogP contribution in [-0.2, 0) is 11.2 Å². The third-order valence-electron chi connectivity index (χ3n) is 3.21. The minimum absolute atomic E-state index is 0.219. The van der Waals surface area contributed by atoms with Crippen molar-refractivity contribution in [3.63, 3.8) is 0 Å². The van der Waals surface area contributed by atoms with Gasteiger partial charge in [0.1, 0.15) is 24.4 Å². The summed E-state index contributed by atoms with van der Waals surface area (Å²) in [7, 11) is -1.51. The van der Waals surface area contributed by atoms with Crippen molar-refractivity contribution in [3.8, 4) is 0 Å². The molecular formula is C14H24BNO9. The van der Waals surface area contributed by atoms with E-state index in [0.29, 0.717) is 5.46 Å². The van der Waals surface area contributed by atoms with Crippen molar-refractivity contribution in [2.24, 2.45) is 5.73 Å². The standard InChI is InChI=1S/C9H12BNO4.C5H12O5/c11-8(9(12)13)5-6-1-3-7(4-2-6)10(14)15;6-1-3(8)5(10)4(9)2-7/h1-4,8,14-15H,5,11H2,(H,12,13);3-10H,1-2H2/t8-;3-,4+,5?/m0./s1. The van der Waals surface area contributed by atoms with Gasteiger partial charge in [-0.2, -0.15) is 0 Å². The summed E-state index contributed by atoms with van der Waals surface area (Å²) in [5, 5.41) is 68.8. The van der Waals surface area contributed by atoms with Gasteiger partial charge in [0.2, 0.25) is 0 Å². The molecule has 1 aromatic carbocycles. The lowest BCUT2D eigenvalue weighted by Crippen LogP contribution is -2.41. The van der Waals surface area contributed by atoms with Gasteiger partial charge in [-0.05, 0) is 17.4 Å². The molecule has 0 bridgehead atoms. The van der Waals surface area contributed by atoms with Gasteiger partial charge < -0.3 is 46.4 Å². The number of carboxylic acid groups (broad SMARTS) is 1. The van der Waals surface area contributed by atoms with E-state index in [1.807, 2.05) is 0 Å². The first-order valence-corrected chi connectivity index (χ1v) is 7.33. The van der Waals surface area contributed by atoms with Crippen molar-refractivity contribution in [1.29, 1.82) is 0 Å². The van der Waals surface area contributed by atoms with Gasteiger partial charge in [0.05, 0.1) is 13.2 Å². The summed E-state index contributed by atoms with van der Waals surface area (Å²) in [6, 6.07) is 5.35. The Kier molecular flexibility index (Phi) is 11.2. The lowest BCUT2D eigenvalue weighted by molar-refractivity contribution is -0.138. The molecule has 10 N–H and O–H groups in total. The zero-order valence-corrected chi connectivity index (χ0v) is 13.4. The molecule has 0 saturated carbocycles. The fraction of sp³-hybridized carbons (Fsp3) is 0.500. The number of benzene rings is 1. The van der Waals surface area contributed by atoms with E-state index in [1.165, 1.54) is 12.1 Å². The van der Waals surface area contributed by atoms with E-state index in [2.05, 4.69) is 0 Å². The van der Waals surface area contributed by atoms with Crippen molar-refractivity contribution in [2.45, 2.75) is 30.8 Å². The third-order valence-corrected chi connectivity index (χ3v) is 3.21. The van der Waals surface area contributed by atoms with E-state index in [9.17, 15) is 4.79 Å². The first-order valence-electron chi connectivity index (χ1n) is 7.33. The van der Waals surface area contributed by atoms with Gasteiger partial charge in [-0.15, -0.1) is 0 Å². The molecule has 0 aliphatic rings. The van der Waals surface area contributed by atoms with Crippen molar-refractivity contribution >= 4 is 18.6 Å². The number of hydrogen-bond donors (Lipinski definition) is 9. The monoisotopic (exact) mass is 361 g/mol. The minimum atomic E-state index is -1.51. The number of nitrogens with two attached hydrogens (primary N) is 1. The number of aliphatic hydroxyl groups is 5. The van der Waals surface area contributed by atoms with Crippen LogP contribution in [0.3, 0.4) is 0 Å². The summed E-state index contributed by atoms with van der Waals surface area (Å²) in [6.45, 7) is -1.28. The second-order valence-electron chi connectivity index (χ2n) is 5.25. The molecule has 0 aliphatic carbocycles. The largest absolute Gasteiger partial charge is 0.488 e. The summed E-state index contributed by atoms with van der Waals surface area (Å²) < 4.78 is 0. The molecule has 25 heavy (non-hydrogen) atoms. The second kappa shape index (κ2) is 11.9. The zero-order chi connectivity index (χ0) is 19.6. The Morgan fingerprint density at radius 1 is 1.00 bits per heavy atom. The van der Waals surface area contributed by atoms with E-state index in [-0.39, 0.29) is 6.42 Å². The smallest absolute Gasteiger partial charge is 0.480 e. The maximum Gasteiger partial charge on any atom is 0.488 e. The normalized spacial score (nSPS) is 15.4. The van der Waals surface area contributed by atoms with Gasteiger partial charge in [0.15, 0.2) is 0 Å². The Balaban J connectivity index is 0.000000504. The van der Waals surface area contributed by atoms with Crippen LogP contribution in [0, 0.1) is 0 Å². The molecule has 0 spiro atoms. The van der Waals surface area contributed by atoms with E-state index in [4.69, 9.17) is 46.4 Å². The summed E-state index contributed by atoms with van der Waals surface area (Å²) in [5.74, 6) is -1.05. The summed E-state index contributed by atoms with van der Waals surface area (Å²) in [6.07, 6.45) is -4.07. The van der Waals surface area contributed by atoms with E-state index < -0.39 is 50.7 Å². The molecule has 0 heterocycles. The number of hydrogen-bond acceptors (Lipinski definition) is 9. The Hall–Kier alpha value is -1.57. The predicted octanol–water partition coefficient (Wildman–Crippen LogP) is -4.63. The van der Waals surface area contributed by atoms with E-state index in [1.54, 1.807) is 12.1 Å². The highest BCUT2D eigenvalue weighted by Crippen LogP contribution is 2.01. The molecule has 1 rings (SSSR count). The molecule has 11 heteroatoms. The average molecular weight is 361 g/mol. The maximum atomic E-state index is 10.5. The summed E-state index contributed by atoms with van der Waals surface area (Å²) in [5.41, 5.74) is 6.46. The van der Waals surface area contributed by atoms with Gasteiger partial charge in [-0.25, -0.2) is 0 Å². The highest BCUT2D eigenvalue weighted by atomic mass is 16.4. The molecule has 10 nitrogen and oxygen atoms in total. The summed E-state index contributed by atoms with van der Waals surface area (Å²) in [4.78, 5) is 10.5. The van der Waals surface area contributed by atoms with Gasteiger partial charge in [0, 0.05) is 0 Å². The van der Waals surface area contributed by atoms with Crippen molar-refractivity contribution in [1.82, 2.24) is 0 Å². The Bertz CT molecular complexity index is 490. The van der Waals surface area contributed by atoms with Gasteiger partial charge in [-0.1, -0.05) is 24.3 Å². The molecule has 1 aromatic rings. The molecule has 0 radical (unpaired) electrons.